The van der Waals surface area contributed by atoms with Gasteiger partial charge in [-0.3, -0.25) is 0 Å². The summed E-state index contributed by atoms with van der Waals surface area (Å²) in [5, 5.41) is 5.64. The second kappa shape index (κ2) is 13.5. The third-order valence-electron chi connectivity index (χ3n) is 17.3. The molecule has 8 aromatic rings. The Bertz CT molecular complexity index is 3330. The van der Waals surface area contributed by atoms with Crippen molar-refractivity contribution in [1.82, 2.24) is 0 Å². The maximum Gasteiger partial charge on any atom is 0.0159 e. The van der Waals surface area contributed by atoms with Crippen LogP contribution in [-0.4, -0.2) is 0 Å². The Labute approximate surface area is 407 Å². The molecule has 4 aliphatic carbocycles. The van der Waals surface area contributed by atoms with E-state index in [1.54, 1.807) is 0 Å². The van der Waals surface area contributed by atoms with Crippen molar-refractivity contribution in [3.8, 4) is 66.8 Å². The highest BCUT2D eigenvalue weighted by Gasteiger charge is 2.44. The molecule has 12 rings (SSSR count). The van der Waals surface area contributed by atoms with Gasteiger partial charge in [-0.15, -0.1) is 0 Å². The molecule has 0 unspecified atom stereocenters. The van der Waals surface area contributed by atoms with Crippen LogP contribution in [0.3, 0.4) is 0 Å². The van der Waals surface area contributed by atoms with Crippen molar-refractivity contribution in [2.45, 2.75) is 156 Å². The highest BCUT2D eigenvalue weighted by Crippen LogP contribution is 2.64. The monoisotopic (exact) mass is 887 g/mol. The molecule has 0 N–H and O–H groups in total. The third kappa shape index (κ3) is 5.85. The lowest BCUT2D eigenvalue weighted by Gasteiger charge is -2.29. The molecule has 0 bridgehead atoms. The van der Waals surface area contributed by atoms with Crippen molar-refractivity contribution in [1.29, 1.82) is 0 Å². The molecule has 0 heteroatoms. The van der Waals surface area contributed by atoms with Crippen molar-refractivity contribution >= 4 is 21.5 Å². The minimum absolute atomic E-state index is 0.0487. The number of hydrogen-bond acceptors (Lipinski definition) is 0. The van der Waals surface area contributed by atoms with Gasteiger partial charge in [0.05, 0.1) is 0 Å². The number of benzene rings is 8. The van der Waals surface area contributed by atoms with Gasteiger partial charge in [-0.1, -0.05) is 208 Å². The molecule has 0 saturated carbocycles. The van der Waals surface area contributed by atoms with Crippen molar-refractivity contribution in [2.75, 3.05) is 0 Å². The van der Waals surface area contributed by atoms with E-state index in [4.69, 9.17) is 0 Å². The summed E-state index contributed by atoms with van der Waals surface area (Å²) in [7, 11) is 0. The molecule has 0 saturated heterocycles. The van der Waals surface area contributed by atoms with E-state index in [1.807, 2.05) is 0 Å². The summed E-state index contributed by atoms with van der Waals surface area (Å²) in [6.07, 6.45) is 2.22. The van der Waals surface area contributed by atoms with Gasteiger partial charge in [0.25, 0.3) is 0 Å². The van der Waals surface area contributed by atoms with Crippen molar-refractivity contribution in [3.05, 3.63) is 165 Å². The van der Waals surface area contributed by atoms with Crippen LogP contribution >= 0.6 is 0 Å². The average Bonchev–Trinajstić information content (AvgIpc) is 3.96. The average molecular weight is 887 g/mol. The predicted octanol–water partition coefficient (Wildman–Crippen LogP) is 18.9. The second-order valence-corrected chi connectivity index (χ2v) is 26.5. The van der Waals surface area contributed by atoms with Crippen molar-refractivity contribution in [2.24, 2.45) is 0 Å². The molecule has 0 atom stereocenters. The van der Waals surface area contributed by atoms with E-state index in [0.29, 0.717) is 0 Å². The quantitative estimate of drug-likeness (QED) is 0.162. The molecule has 4 aliphatic rings. The van der Waals surface area contributed by atoms with Crippen LogP contribution in [-0.2, 0) is 45.3 Å². The summed E-state index contributed by atoms with van der Waals surface area (Å²) in [6.45, 7) is 38.4. The fourth-order valence-electron chi connectivity index (χ4n) is 13.2. The van der Waals surface area contributed by atoms with Crippen LogP contribution in [0.25, 0.3) is 88.3 Å². The number of fused-ring (bicyclic) bond motifs is 10. The molecular formula is C68H70. The second-order valence-electron chi connectivity index (χ2n) is 26.5. The third-order valence-corrected chi connectivity index (χ3v) is 17.3. The first kappa shape index (κ1) is 43.6. The van der Waals surface area contributed by atoms with E-state index in [2.05, 4.69) is 220 Å². The topological polar surface area (TPSA) is 0 Å². The summed E-state index contributed by atoms with van der Waals surface area (Å²) in [5.41, 5.74) is 30.7. The lowest BCUT2D eigenvalue weighted by molar-refractivity contribution is 0.579. The SMILES string of the molecule is CC(C)(C)c1ccc2c(c1)C(C)(C)c1cc(C(C)(C)C)cc(-c3c4c(c(-c5cc(C(C)(C)C)cc6c5-c5ccc(C(C)(C)C)cc5C6(C)C)c5ccccc35)-c3ccc5c6c(ccc-4c36)CC5)c1-2. The lowest BCUT2D eigenvalue weighted by atomic mass is 9.74. The van der Waals surface area contributed by atoms with E-state index in [-0.39, 0.29) is 32.5 Å². The van der Waals surface area contributed by atoms with E-state index in [9.17, 15) is 0 Å². The minimum Gasteiger partial charge on any atom is -0.0616 e. The van der Waals surface area contributed by atoms with Gasteiger partial charge in [0, 0.05) is 10.8 Å². The van der Waals surface area contributed by atoms with Crippen molar-refractivity contribution in [3.63, 3.8) is 0 Å². The number of aryl methyl sites for hydroxylation is 2. The smallest absolute Gasteiger partial charge is 0.0159 e. The highest BCUT2D eigenvalue weighted by molar-refractivity contribution is 6.29. The Morgan fingerprint density at radius 2 is 0.662 bits per heavy atom. The molecule has 342 valence electrons. The molecule has 0 radical (unpaired) electrons. The molecule has 0 spiro atoms. The van der Waals surface area contributed by atoms with E-state index in [1.165, 1.54) is 144 Å². The van der Waals surface area contributed by atoms with Crippen LogP contribution in [0.15, 0.2) is 109 Å². The molecule has 0 amide bonds. The van der Waals surface area contributed by atoms with Gasteiger partial charge in [-0.2, -0.15) is 0 Å². The summed E-state index contributed by atoms with van der Waals surface area (Å²) < 4.78 is 0. The Morgan fingerprint density at radius 3 is 1.03 bits per heavy atom. The molecule has 8 aromatic carbocycles. The zero-order valence-corrected chi connectivity index (χ0v) is 43.8. The molecule has 0 heterocycles. The first-order valence-electron chi connectivity index (χ1n) is 25.6. The maximum absolute atomic E-state index is 2.62. The molecule has 0 aromatic heterocycles. The van der Waals surface area contributed by atoms with E-state index >= 15 is 0 Å². The predicted molar refractivity (Wildman–Crippen MR) is 294 cm³/mol. The Morgan fingerprint density at radius 1 is 0.309 bits per heavy atom. The van der Waals surface area contributed by atoms with E-state index in [0.717, 1.165) is 12.8 Å². The van der Waals surface area contributed by atoms with Crippen LogP contribution in [0.5, 0.6) is 0 Å². The largest absolute Gasteiger partial charge is 0.0616 e. The first-order valence-corrected chi connectivity index (χ1v) is 25.6. The van der Waals surface area contributed by atoms with Gasteiger partial charge < -0.3 is 0 Å². The fraction of sp³-hybridized carbons (Fsp3) is 0.353. The van der Waals surface area contributed by atoms with Gasteiger partial charge in [0.1, 0.15) is 0 Å². The van der Waals surface area contributed by atoms with Crippen molar-refractivity contribution < 1.29 is 0 Å². The van der Waals surface area contributed by atoms with Crippen LogP contribution in [0.2, 0.25) is 0 Å². The Hall–Kier alpha value is -5.72. The molecule has 0 fully saturated rings. The summed E-state index contributed by atoms with van der Waals surface area (Å²) in [5.74, 6) is 0. The van der Waals surface area contributed by atoms with Gasteiger partial charge in [0.2, 0.25) is 0 Å². The van der Waals surface area contributed by atoms with Gasteiger partial charge in [-0.05, 0) is 191 Å². The summed E-state index contributed by atoms with van der Waals surface area (Å²) in [6, 6.07) is 44.8. The first-order chi connectivity index (χ1) is 31.8. The standard InChI is InChI=1S/C68H70/c1-63(2,3)39-25-29-45-51(33-39)67(13,14)53-35-41(65(7,8)9)31-49(56(45)53)58-43-19-17-18-20-44(43)59(62-48-28-24-38-22-21-37-23-27-47(61(58)62)60(48)55(37)38)50-32-42(66(10,11)12)36-54-57(50)46-30-26-40(64(4,5)6)34-52(46)68(54,15)16/h17-20,23-36H,21-22H2,1-16H3. The van der Waals surface area contributed by atoms with Crippen LogP contribution < -0.4 is 0 Å². The molecule has 68 heavy (non-hydrogen) atoms. The molecular weight excluding hydrogens is 817 g/mol. The Kier molecular flexibility index (Phi) is 8.67. The number of rotatable bonds is 2. The maximum atomic E-state index is 2.62. The fourth-order valence-corrected chi connectivity index (χ4v) is 13.2. The highest BCUT2D eigenvalue weighted by atomic mass is 14.5. The summed E-state index contributed by atoms with van der Waals surface area (Å²) >= 11 is 0. The number of hydrogen-bond donors (Lipinski definition) is 0. The van der Waals surface area contributed by atoms with Crippen LogP contribution in [0.1, 0.15) is 166 Å². The zero-order chi connectivity index (χ0) is 48.2. The van der Waals surface area contributed by atoms with E-state index < -0.39 is 0 Å². The Balaban J connectivity index is 1.29. The van der Waals surface area contributed by atoms with Gasteiger partial charge in [-0.25, -0.2) is 0 Å². The zero-order valence-electron chi connectivity index (χ0n) is 43.8. The molecule has 0 aliphatic heterocycles. The molecule has 0 nitrogen and oxygen atoms in total. The van der Waals surface area contributed by atoms with Crippen LogP contribution in [0.4, 0.5) is 0 Å². The normalized spacial score (nSPS) is 16.1. The summed E-state index contributed by atoms with van der Waals surface area (Å²) in [4.78, 5) is 0. The van der Waals surface area contributed by atoms with Gasteiger partial charge >= 0.3 is 0 Å². The van der Waals surface area contributed by atoms with Crippen LogP contribution in [0, 0.1) is 0 Å². The minimum atomic E-state index is -0.173. The van der Waals surface area contributed by atoms with Gasteiger partial charge in [0.15, 0.2) is 0 Å². The lowest BCUT2D eigenvalue weighted by Crippen LogP contribution is -2.19.